The number of ether oxygens (including phenoxy) is 1. The summed E-state index contributed by atoms with van der Waals surface area (Å²) in [5, 5.41) is 20.0. The van der Waals surface area contributed by atoms with E-state index in [1.165, 1.54) is 12.1 Å². The van der Waals surface area contributed by atoms with Gasteiger partial charge in [-0.25, -0.2) is 4.79 Å². The minimum atomic E-state index is -1.28. The summed E-state index contributed by atoms with van der Waals surface area (Å²) in [6, 6.07) is 14.6. The van der Waals surface area contributed by atoms with Gasteiger partial charge in [-0.15, -0.1) is 0 Å². The van der Waals surface area contributed by atoms with Gasteiger partial charge in [-0.3, -0.25) is 9.59 Å². The number of carbonyl (C=O) groups is 3. The van der Waals surface area contributed by atoms with Gasteiger partial charge in [0.05, 0.1) is 0 Å². The molecule has 7 nitrogen and oxygen atoms in total. The largest absolute Gasteiger partial charge is 0.489 e. The van der Waals surface area contributed by atoms with Crippen molar-refractivity contribution in [3.63, 3.8) is 0 Å². The van der Waals surface area contributed by atoms with E-state index in [-0.39, 0.29) is 18.4 Å². The van der Waals surface area contributed by atoms with Crippen LogP contribution in [-0.2, 0) is 16.2 Å². The molecule has 0 fully saturated rings. The molecule has 0 aromatic heterocycles. The van der Waals surface area contributed by atoms with Crippen LogP contribution in [0.1, 0.15) is 28.8 Å². The van der Waals surface area contributed by atoms with E-state index in [9.17, 15) is 14.4 Å². The van der Waals surface area contributed by atoms with Crippen molar-refractivity contribution in [2.24, 2.45) is 0 Å². The van der Waals surface area contributed by atoms with Crippen LogP contribution in [0.4, 0.5) is 0 Å². The molecular weight excluding hydrogens is 338 g/mol. The number of aliphatic carboxylic acids is 2. The lowest BCUT2D eigenvalue weighted by molar-refractivity contribution is -0.140. The van der Waals surface area contributed by atoms with Crippen molar-refractivity contribution in [2.75, 3.05) is 0 Å². The van der Waals surface area contributed by atoms with Gasteiger partial charge < -0.3 is 20.3 Å². The van der Waals surface area contributed by atoms with Crippen LogP contribution in [0.25, 0.3) is 0 Å². The smallest absolute Gasteiger partial charge is 0.326 e. The van der Waals surface area contributed by atoms with Crippen molar-refractivity contribution in [1.29, 1.82) is 0 Å². The normalized spacial score (nSPS) is 11.4. The second-order valence-corrected chi connectivity index (χ2v) is 5.60. The number of benzene rings is 2. The molecule has 3 N–H and O–H groups in total. The molecule has 1 unspecified atom stereocenters. The van der Waals surface area contributed by atoms with E-state index in [4.69, 9.17) is 14.9 Å². The second kappa shape index (κ2) is 9.22. The molecule has 1 atom stereocenters. The Morgan fingerprint density at radius 3 is 2.19 bits per heavy atom. The molecule has 0 radical (unpaired) electrons. The number of carbonyl (C=O) groups excluding carboxylic acids is 1. The quantitative estimate of drug-likeness (QED) is 0.635. The molecule has 0 aliphatic carbocycles. The Kier molecular flexibility index (Phi) is 6.73. The van der Waals surface area contributed by atoms with Crippen LogP contribution in [0.15, 0.2) is 54.6 Å². The van der Waals surface area contributed by atoms with Crippen LogP contribution in [0, 0.1) is 0 Å². The van der Waals surface area contributed by atoms with Crippen LogP contribution in [0.2, 0.25) is 0 Å². The van der Waals surface area contributed by atoms with Crippen LogP contribution in [0.3, 0.4) is 0 Å². The Hall–Kier alpha value is -3.35. The van der Waals surface area contributed by atoms with E-state index in [0.29, 0.717) is 12.4 Å². The zero-order chi connectivity index (χ0) is 18.9. The van der Waals surface area contributed by atoms with Crippen LogP contribution < -0.4 is 10.1 Å². The van der Waals surface area contributed by atoms with Crippen molar-refractivity contribution in [3.8, 4) is 5.75 Å². The van der Waals surface area contributed by atoms with E-state index in [1.54, 1.807) is 12.1 Å². The molecule has 0 bridgehead atoms. The van der Waals surface area contributed by atoms with Gasteiger partial charge in [0.15, 0.2) is 0 Å². The summed E-state index contributed by atoms with van der Waals surface area (Å²) in [7, 11) is 0. The SMILES string of the molecule is O=C(O)CCC(NC(=O)c1ccc(OCc2ccccc2)cc1)C(=O)O. The first-order chi connectivity index (χ1) is 12.5. The maximum absolute atomic E-state index is 12.1. The van der Waals surface area contributed by atoms with Crippen LogP contribution >= 0.6 is 0 Å². The monoisotopic (exact) mass is 357 g/mol. The zero-order valence-corrected chi connectivity index (χ0v) is 13.9. The first kappa shape index (κ1) is 19.0. The molecule has 7 heteroatoms. The first-order valence-electron chi connectivity index (χ1n) is 7.98. The summed E-state index contributed by atoms with van der Waals surface area (Å²) in [5.41, 5.74) is 1.27. The number of hydrogen-bond donors (Lipinski definition) is 3. The standard InChI is InChI=1S/C19H19NO6/c21-17(22)11-10-16(19(24)25)20-18(23)14-6-8-15(9-7-14)26-12-13-4-2-1-3-5-13/h1-9,16H,10-12H2,(H,20,23)(H,21,22)(H,24,25). The fraction of sp³-hybridized carbons (Fsp3) is 0.211. The highest BCUT2D eigenvalue weighted by atomic mass is 16.5. The molecule has 2 rings (SSSR count). The molecular formula is C19H19NO6. The molecule has 0 aliphatic rings. The van der Waals surface area contributed by atoms with Crippen molar-refractivity contribution in [2.45, 2.75) is 25.5 Å². The van der Waals surface area contributed by atoms with Crippen LogP contribution in [0.5, 0.6) is 5.75 Å². The third-order valence-corrected chi connectivity index (χ3v) is 3.62. The van der Waals surface area contributed by atoms with E-state index in [0.717, 1.165) is 5.56 Å². The van der Waals surface area contributed by atoms with Crippen molar-refractivity contribution < 1.29 is 29.3 Å². The van der Waals surface area contributed by atoms with Gasteiger partial charge in [0.25, 0.3) is 5.91 Å². The molecule has 0 saturated heterocycles. The minimum Gasteiger partial charge on any atom is -0.489 e. The maximum Gasteiger partial charge on any atom is 0.326 e. The average molecular weight is 357 g/mol. The fourth-order valence-electron chi connectivity index (χ4n) is 2.21. The van der Waals surface area contributed by atoms with Gasteiger partial charge in [-0.1, -0.05) is 30.3 Å². The number of rotatable bonds is 9. The van der Waals surface area contributed by atoms with Crippen molar-refractivity contribution in [1.82, 2.24) is 5.32 Å². The van der Waals surface area contributed by atoms with E-state index < -0.39 is 23.9 Å². The lowest BCUT2D eigenvalue weighted by Crippen LogP contribution is -2.41. The van der Waals surface area contributed by atoms with Gasteiger partial charge in [0, 0.05) is 12.0 Å². The first-order valence-corrected chi connectivity index (χ1v) is 7.98. The van der Waals surface area contributed by atoms with E-state index in [2.05, 4.69) is 5.32 Å². The molecule has 2 aromatic carbocycles. The predicted octanol–water partition coefficient (Wildman–Crippen LogP) is 2.31. The topological polar surface area (TPSA) is 113 Å². The predicted molar refractivity (Wildman–Crippen MR) is 93.0 cm³/mol. The van der Waals surface area contributed by atoms with E-state index >= 15 is 0 Å². The number of carboxylic acids is 2. The number of hydrogen-bond acceptors (Lipinski definition) is 4. The van der Waals surface area contributed by atoms with Gasteiger partial charge in [-0.2, -0.15) is 0 Å². The molecule has 1 amide bonds. The molecule has 0 aliphatic heterocycles. The molecule has 0 spiro atoms. The maximum atomic E-state index is 12.1. The summed E-state index contributed by atoms with van der Waals surface area (Å²) in [6.45, 7) is 0.392. The van der Waals surface area contributed by atoms with Gasteiger partial charge in [0.2, 0.25) is 0 Å². The summed E-state index contributed by atoms with van der Waals surface area (Å²) < 4.78 is 5.62. The Bertz CT molecular complexity index is 757. The Labute approximate surface area is 150 Å². The highest BCUT2D eigenvalue weighted by Crippen LogP contribution is 2.14. The highest BCUT2D eigenvalue weighted by molar-refractivity contribution is 5.96. The third-order valence-electron chi connectivity index (χ3n) is 3.62. The Morgan fingerprint density at radius 2 is 1.62 bits per heavy atom. The van der Waals surface area contributed by atoms with Crippen LogP contribution in [-0.4, -0.2) is 34.1 Å². The number of nitrogens with one attached hydrogen (secondary N) is 1. The summed E-state index contributed by atoms with van der Waals surface area (Å²) in [5.74, 6) is -2.41. The summed E-state index contributed by atoms with van der Waals surface area (Å²) in [6.07, 6.45) is -0.530. The Balaban J connectivity index is 1.92. The zero-order valence-electron chi connectivity index (χ0n) is 13.9. The molecule has 136 valence electrons. The average Bonchev–Trinajstić information content (AvgIpc) is 2.64. The van der Waals surface area contributed by atoms with Gasteiger partial charge in [-0.05, 0) is 36.2 Å². The van der Waals surface area contributed by atoms with E-state index in [1.807, 2.05) is 30.3 Å². The van der Waals surface area contributed by atoms with Crippen molar-refractivity contribution in [3.05, 3.63) is 65.7 Å². The lowest BCUT2D eigenvalue weighted by atomic mass is 10.1. The number of amides is 1. The fourth-order valence-corrected chi connectivity index (χ4v) is 2.21. The Morgan fingerprint density at radius 1 is 0.962 bits per heavy atom. The molecule has 26 heavy (non-hydrogen) atoms. The third kappa shape index (κ3) is 5.94. The summed E-state index contributed by atoms with van der Waals surface area (Å²) >= 11 is 0. The minimum absolute atomic E-state index is 0.186. The molecule has 0 saturated carbocycles. The molecule has 0 heterocycles. The highest BCUT2D eigenvalue weighted by Gasteiger charge is 2.21. The second-order valence-electron chi connectivity index (χ2n) is 5.60. The van der Waals surface area contributed by atoms with Gasteiger partial charge >= 0.3 is 11.9 Å². The van der Waals surface area contributed by atoms with Gasteiger partial charge in [0.1, 0.15) is 18.4 Å². The lowest BCUT2D eigenvalue weighted by Gasteiger charge is -2.14. The summed E-state index contributed by atoms with van der Waals surface area (Å²) in [4.78, 5) is 33.8. The van der Waals surface area contributed by atoms with Crippen molar-refractivity contribution >= 4 is 17.8 Å². The molecule has 2 aromatic rings. The number of carboxylic acid groups (broad SMARTS) is 2.